The van der Waals surface area contributed by atoms with Crippen LogP contribution in [0.15, 0.2) is 0 Å². The van der Waals surface area contributed by atoms with Crippen molar-refractivity contribution in [1.29, 1.82) is 0 Å². The average Bonchev–Trinajstić information content (AvgIpc) is 2.16. The molecule has 0 unspecified atom stereocenters. The van der Waals surface area contributed by atoms with E-state index >= 15 is 0 Å². The monoisotopic (exact) mass is 190 g/mol. The lowest BCUT2D eigenvalue weighted by atomic mass is 10.2. The van der Waals surface area contributed by atoms with Crippen LogP contribution >= 0.6 is 0 Å². The Morgan fingerprint density at radius 1 is 0.692 bits per heavy atom. The minimum Gasteiger partial charge on any atom is -0.382 e. The number of ether oxygens (including phenoxy) is 3. The first-order valence-electron chi connectivity index (χ1n) is 5.15. The highest BCUT2D eigenvalue weighted by Gasteiger charge is 1.90. The van der Waals surface area contributed by atoms with Crippen molar-refractivity contribution in [2.45, 2.75) is 33.1 Å². The number of rotatable bonds is 10. The van der Waals surface area contributed by atoms with Gasteiger partial charge in [-0.05, 0) is 33.1 Å². The quantitative estimate of drug-likeness (QED) is 0.390. The molecule has 0 amide bonds. The molecule has 0 aromatic carbocycles. The zero-order valence-corrected chi connectivity index (χ0v) is 8.88. The van der Waals surface area contributed by atoms with Crippen LogP contribution in [0.25, 0.3) is 0 Å². The van der Waals surface area contributed by atoms with Crippen LogP contribution in [-0.4, -0.2) is 33.2 Å². The van der Waals surface area contributed by atoms with Crippen molar-refractivity contribution in [2.24, 2.45) is 0 Å². The Morgan fingerprint density at radius 3 is 1.92 bits per heavy atom. The SMILES string of the molecule is CCOCCCCCOCOCC. The normalized spacial score (nSPS) is 10.6. The Bertz CT molecular complexity index is 76.2. The van der Waals surface area contributed by atoms with Gasteiger partial charge in [-0.3, -0.25) is 0 Å². The Balaban J connectivity index is 2.76. The average molecular weight is 190 g/mol. The van der Waals surface area contributed by atoms with Crippen molar-refractivity contribution in [3.05, 3.63) is 0 Å². The van der Waals surface area contributed by atoms with E-state index in [9.17, 15) is 0 Å². The number of hydrogen-bond acceptors (Lipinski definition) is 3. The van der Waals surface area contributed by atoms with E-state index in [-0.39, 0.29) is 0 Å². The molecule has 0 spiro atoms. The topological polar surface area (TPSA) is 27.7 Å². The van der Waals surface area contributed by atoms with Gasteiger partial charge in [0.2, 0.25) is 0 Å². The minimum absolute atomic E-state index is 0.433. The standard InChI is InChI=1S/C10H22O3/c1-3-11-8-6-5-7-9-13-10-12-4-2/h3-10H2,1-2H3. The van der Waals surface area contributed by atoms with Crippen molar-refractivity contribution in [2.75, 3.05) is 33.2 Å². The summed E-state index contributed by atoms with van der Waals surface area (Å²) in [5, 5.41) is 0. The van der Waals surface area contributed by atoms with Crippen LogP contribution in [0.5, 0.6) is 0 Å². The third-order valence-corrected chi connectivity index (χ3v) is 1.65. The van der Waals surface area contributed by atoms with E-state index in [0.717, 1.165) is 39.3 Å². The third-order valence-electron chi connectivity index (χ3n) is 1.65. The van der Waals surface area contributed by atoms with Crippen molar-refractivity contribution >= 4 is 0 Å². The van der Waals surface area contributed by atoms with Gasteiger partial charge in [0.1, 0.15) is 6.79 Å². The summed E-state index contributed by atoms with van der Waals surface area (Å²) in [5.41, 5.74) is 0. The van der Waals surface area contributed by atoms with E-state index in [2.05, 4.69) is 0 Å². The highest BCUT2D eigenvalue weighted by Crippen LogP contribution is 1.96. The van der Waals surface area contributed by atoms with Crippen molar-refractivity contribution in [3.63, 3.8) is 0 Å². The van der Waals surface area contributed by atoms with Gasteiger partial charge in [-0.1, -0.05) is 0 Å². The molecule has 0 saturated heterocycles. The lowest BCUT2D eigenvalue weighted by Crippen LogP contribution is -2.01. The molecule has 0 atom stereocenters. The van der Waals surface area contributed by atoms with E-state index in [1.165, 1.54) is 6.42 Å². The molecule has 0 aliphatic carbocycles. The first-order valence-corrected chi connectivity index (χ1v) is 5.15. The van der Waals surface area contributed by atoms with Gasteiger partial charge in [-0.15, -0.1) is 0 Å². The van der Waals surface area contributed by atoms with E-state index in [4.69, 9.17) is 14.2 Å². The molecule has 0 aliphatic heterocycles. The summed E-state index contributed by atoms with van der Waals surface area (Å²) in [7, 11) is 0. The maximum Gasteiger partial charge on any atom is 0.146 e. The first kappa shape index (κ1) is 12.9. The van der Waals surface area contributed by atoms with Crippen LogP contribution in [0.2, 0.25) is 0 Å². The van der Waals surface area contributed by atoms with Crippen LogP contribution in [0.3, 0.4) is 0 Å². The van der Waals surface area contributed by atoms with Crippen LogP contribution < -0.4 is 0 Å². The van der Waals surface area contributed by atoms with Gasteiger partial charge >= 0.3 is 0 Å². The van der Waals surface area contributed by atoms with Gasteiger partial charge in [0, 0.05) is 26.4 Å². The van der Waals surface area contributed by atoms with Gasteiger partial charge in [0.05, 0.1) is 0 Å². The summed E-state index contributed by atoms with van der Waals surface area (Å²) in [4.78, 5) is 0. The fraction of sp³-hybridized carbons (Fsp3) is 1.00. The van der Waals surface area contributed by atoms with Crippen molar-refractivity contribution in [1.82, 2.24) is 0 Å². The van der Waals surface area contributed by atoms with Gasteiger partial charge < -0.3 is 14.2 Å². The van der Waals surface area contributed by atoms with Crippen LogP contribution in [0, 0.1) is 0 Å². The second-order valence-corrected chi connectivity index (χ2v) is 2.78. The van der Waals surface area contributed by atoms with Crippen molar-refractivity contribution in [3.8, 4) is 0 Å². The van der Waals surface area contributed by atoms with Gasteiger partial charge in [0.15, 0.2) is 0 Å². The predicted molar refractivity (Wildman–Crippen MR) is 52.8 cm³/mol. The predicted octanol–water partition coefficient (Wildman–Crippen LogP) is 2.20. The molecule has 0 heterocycles. The minimum atomic E-state index is 0.433. The Labute approximate surface area is 81.4 Å². The van der Waals surface area contributed by atoms with Crippen LogP contribution in [-0.2, 0) is 14.2 Å². The molecular formula is C10H22O3. The Kier molecular flexibility index (Phi) is 11.8. The summed E-state index contributed by atoms with van der Waals surface area (Å²) in [6, 6.07) is 0. The van der Waals surface area contributed by atoms with Crippen LogP contribution in [0.4, 0.5) is 0 Å². The maximum atomic E-state index is 5.22. The van der Waals surface area contributed by atoms with E-state index in [0.29, 0.717) is 6.79 Å². The highest BCUT2D eigenvalue weighted by molar-refractivity contribution is 4.39. The fourth-order valence-corrected chi connectivity index (χ4v) is 0.931. The number of hydrogen-bond donors (Lipinski definition) is 0. The Morgan fingerprint density at radius 2 is 1.31 bits per heavy atom. The first-order chi connectivity index (χ1) is 6.41. The second kappa shape index (κ2) is 11.9. The zero-order chi connectivity index (χ0) is 9.78. The summed E-state index contributed by atoms with van der Waals surface area (Å²) in [5.74, 6) is 0. The summed E-state index contributed by atoms with van der Waals surface area (Å²) in [6.45, 7) is 7.64. The molecule has 0 aliphatic rings. The lowest BCUT2D eigenvalue weighted by Gasteiger charge is -2.03. The molecule has 0 rings (SSSR count). The molecule has 80 valence electrons. The summed E-state index contributed by atoms with van der Waals surface area (Å²) < 4.78 is 15.5. The smallest absolute Gasteiger partial charge is 0.146 e. The third kappa shape index (κ3) is 11.9. The van der Waals surface area contributed by atoms with Gasteiger partial charge in [-0.2, -0.15) is 0 Å². The molecule has 0 bridgehead atoms. The maximum absolute atomic E-state index is 5.22. The van der Waals surface area contributed by atoms with Gasteiger partial charge in [-0.25, -0.2) is 0 Å². The molecule has 0 saturated carbocycles. The van der Waals surface area contributed by atoms with E-state index in [1.807, 2.05) is 13.8 Å². The molecule has 0 N–H and O–H groups in total. The molecule has 3 heteroatoms. The fourth-order valence-electron chi connectivity index (χ4n) is 0.931. The largest absolute Gasteiger partial charge is 0.382 e. The number of unbranched alkanes of at least 4 members (excludes halogenated alkanes) is 2. The summed E-state index contributed by atoms with van der Waals surface area (Å²) >= 11 is 0. The summed E-state index contributed by atoms with van der Waals surface area (Å²) in [6.07, 6.45) is 3.40. The van der Waals surface area contributed by atoms with Crippen LogP contribution in [0.1, 0.15) is 33.1 Å². The van der Waals surface area contributed by atoms with Crippen molar-refractivity contribution < 1.29 is 14.2 Å². The molecular weight excluding hydrogens is 168 g/mol. The second-order valence-electron chi connectivity index (χ2n) is 2.78. The van der Waals surface area contributed by atoms with E-state index < -0.39 is 0 Å². The molecule has 0 aromatic rings. The lowest BCUT2D eigenvalue weighted by molar-refractivity contribution is -0.0504. The molecule has 13 heavy (non-hydrogen) atoms. The zero-order valence-electron chi connectivity index (χ0n) is 8.88. The molecule has 0 aromatic heterocycles. The molecule has 0 fully saturated rings. The Hall–Kier alpha value is -0.120. The van der Waals surface area contributed by atoms with Gasteiger partial charge in [0.25, 0.3) is 0 Å². The van der Waals surface area contributed by atoms with E-state index in [1.54, 1.807) is 0 Å². The molecule has 3 nitrogen and oxygen atoms in total. The highest BCUT2D eigenvalue weighted by atomic mass is 16.7. The molecule has 0 radical (unpaired) electrons.